The fraction of sp³-hybridized carbons (Fsp3) is 0.292. The molecule has 5 rings (SSSR count). The molecule has 0 spiro atoms. The fourth-order valence-corrected chi connectivity index (χ4v) is 5.53. The first-order valence-electron chi connectivity index (χ1n) is 10.8. The van der Waals surface area contributed by atoms with E-state index in [-0.39, 0.29) is 6.04 Å². The van der Waals surface area contributed by atoms with Gasteiger partial charge in [-0.25, -0.2) is 9.97 Å². The number of fused-ring (bicyclic) bond motifs is 1. The van der Waals surface area contributed by atoms with Crippen molar-refractivity contribution in [2.75, 3.05) is 18.4 Å². The average molecular weight is 448 g/mol. The zero-order valence-electron chi connectivity index (χ0n) is 18.1. The largest absolute Gasteiger partial charge is 0.593 e. The van der Waals surface area contributed by atoms with Crippen LogP contribution in [0.5, 0.6) is 0 Å². The Hall–Kier alpha value is -2.94. The summed E-state index contributed by atoms with van der Waals surface area (Å²) in [5.74, 6) is 1.26. The predicted molar refractivity (Wildman–Crippen MR) is 126 cm³/mol. The Kier molecular flexibility index (Phi) is 5.82. The van der Waals surface area contributed by atoms with Crippen molar-refractivity contribution < 1.29 is 9.08 Å². The Morgan fingerprint density at radius 2 is 1.72 bits per heavy atom. The zero-order chi connectivity index (χ0) is 22.1. The Morgan fingerprint density at radius 1 is 1.00 bits per heavy atom. The summed E-state index contributed by atoms with van der Waals surface area (Å²) in [5.41, 5.74) is 3.61. The van der Waals surface area contributed by atoms with E-state index >= 15 is 0 Å². The first kappa shape index (κ1) is 20.9. The van der Waals surface area contributed by atoms with Crippen LogP contribution in [0.25, 0.3) is 22.2 Å². The van der Waals surface area contributed by atoms with Crippen molar-refractivity contribution in [3.05, 3.63) is 66.1 Å². The summed E-state index contributed by atoms with van der Waals surface area (Å²) in [7, 11) is 0. The molecule has 0 aliphatic carbocycles. The second-order valence-electron chi connectivity index (χ2n) is 8.03. The highest BCUT2D eigenvalue weighted by Gasteiger charge is 2.33. The van der Waals surface area contributed by atoms with E-state index in [9.17, 15) is 4.55 Å². The molecule has 0 saturated carbocycles. The second kappa shape index (κ2) is 8.90. The summed E-state index contributed by atoms with van der Waals surface area (Å²) >= 11 is -1.25. The lowest BCUT2D eigenvalue weighted by molar-refractivity contribution is 0.328. The molecular weight excluding hydrogens is 422 g/mol. The summed E-state index contributed by atoms with van der Waals surface area (Å²) < 4.78 is 20.2. The number of aryl methyl sites for hydroxylation is 2. The lowest BCUT2D eigenvalue weighted by Gasteiger charge is -2.31. The van der Waals surface area contributed by atoms with Crippen molar-refractivity contribution in [1.82, 2.24) is 19.4 Å². The van der Waals surface area contributed by atoms with Gasteiger partial charge >= 0.3 is 0 Å². The molecule has 1 saturated heterocycles. The van der Waals surface area contributed by atoms with Crippen molar-refractivity contribution in [3.8, 4) is 11.3 Å². The smallest absolute Gasteiger partial charge is 0.239 e. The number of nitrogens with zero attached hydrogens (tertiary/aromatic N) is 4. The highest BCUT2D eigenvalue weighted by atomic mass is 32.2. The van der Waals surface area contributed by atoms with Crippen LogP contribution in [0.3, 0.4) is 0 Å². The molecule has 0 radical (unpaired) electrons. The van der Waals surface area contributed by atoms with Gasteiger partial charge in [0.05, 0.1) is 22.6 Å². The van der Waals surface area contributed by atoms with Crippen LogP contribution in [-0.4, -0.2) is 43.1 Å². The molecule has 7 nitrogen and oxygen atoms in total. The van der Waals surface area contributed by atoms with Crippen LogP contribution in [0.1, 0.15) is 24.3 Å². The van der Waals surface area contributed by atoms with Gasteiger partial charge in [-0.2, -0.15) is 0 Å². The highest BCUT2D eigenvalue weighted by molar-refractivity contribution is 7.89. The molecule has 32 heavy (non-hydrogen) atoms. The van der Waals surface area contributed by atoms with Crippen LogP contribution < -0.4 is 5.32 Å². The lowest BCUT2D eigenvalue weighted by Crippen LogP contribution is -2.42. The molecule has 1 unspecified atom stereocenters. The molecule has 0 bridgehead atoms. The highest BCUT2D eigenvalue weighted by Crippen LogP contribution is 2.29. The summed E-state index contributed by atoms with van der Waals surface area (Å²) in [5, 5.41) is 8.49. The quantitative estimate of drug-likeness (QED) is 0.451. The van der Waals surface area contributed by atoms with Gasteiger partial charge in [0, 0.05) is 37.0 Å². The molecule has 1 N–H and O–H groups in total. The summed E-state index contributed by atoms with van der Waals surface area (Å²) in [6, 6.07) is 18.5. The standard InChI is InChI=1S/C24H25N5O2S/c1-16-23(17(2)31-28-16)32(30)29-14-12-19(13-15-29)25-24-26-21-11-7-6-10-20(21)22(27-24)18-8-4-3-5-9-18/h3-11,19H,12-15H2,1-2H3,(H,25,26,27). The molecule has 1 atom stereocenters. The van der Waals surface area contributed by atoms with Gasteiger partial charge in [-0.15, -0.1) is 4.31 Å². The molecule has 164 valence electrons. The van der Waals surface area contributed by atoms with Crippen molar-refractivity contribution >= 4 is 28.2 Å². The van der Waals surface area contributed by atoms with Gasteiger partial charge in [0.1, 0.15) is 5.69 Å². The maximum Gasteiger partial charge on any atom is 0.239 e. The Labute approximate surface area is 190 Å². The van der Waals surface area contributed by atoms with Gasteiger partial charge in [0.25, 0.3) is 0 Å². The number of aromatic nitrogens is 3. The van der Waals surface area contributed by atoms with Crippen LogP contribution in [-0.2, 0) is 11.4 Å². The Bertz CT molecular complexity index is 1200. The van der Waals surface area contributed by atoms with Gasteiger partial charge < -0.3 is 14.4 Å². The van der Waals surface area contributed by atoms with Crippen LogP contribution in [0.4, 0.5) is 5.95 Å². The van der Waals surface area contributed by atoms with E-state index in [4.69, 9.17) is 14.5 Å². The maximum atomic E-state index is 13.0. The van der Waals surface area contributed by atoms with Crippen LogP contribution in [0.15, 0.2) is 64.0 Å². The first-order chi connectivity index (χ1) is 15.6. The SMILES string of the molecule is Cc1noc(C)c1[S+]([O-])N1CCC(Nc2nc(-c3ccccc3)c3ccccc3n2)CC1. The van der Waals surface area contributed by atoms with E-state index in [1.807, 2.05) is 54.6 Å². The normalized spacial score (nSPS) is 16.3. The van der Waals surface area contributed by atoms with Gasteiger partial charge in [-0.1, -0.05) is 53.7 Å². The molecule has 1 aliphatic heterocycles. The molecule has 1 fully saturated rings. The number of hydrogen-bond donors (Lipinski definition) is 1. The maximum absolute atomic E-state index is 13.0. The number of piperidine rings is 1. The molecule has 2 aromatic carbocycles. The van der Waals surface area contributed by atoms with Gasteiger partial charge in [0.2, 0.25) is 10.8 Å². The molecule has 1 aliphatic rings. The summed E-state index contributed by atoms with van der Waals surface area (Å²) in [6.45, 7) is 5.07. The van der Waals surface area contributed by atoms with E-state index < -0.39 is 11.4 Å². The van der Waals surface area contributed by atoms with Crippen molar-refractivity contribution in [1.29, 1.82) is 0 Å². The van der Waals surface area contributed by atoms with Crippen LogP contribution in [0.2, 0.25) is 0 Å². The Balaban J connectivity index is 1.33. The third kappa shape index (κ3) is 4.09. The first-order valence-corrected chi connectivity index (χ1v) is 11.9. The predicted octanol–water partition coefficient (Wildman–Crippen LogP) is 4.50. The number of benzene rings is 2. The molecule has 4 aromatic rings. The van der Waals surface area contributed by atoms with Crippen LogP contribution in [0, 0.1) is 13.8 Å². The molecule has 2 aromatic heterocycles. The minimum absolute atomic E-state index is 0.220. The molecule has 3 heterocycles. The molecular formula is C24H25N5O2S. The van der Waals surface area contributed by atoms with Crippen molar-refractivity contribution in [2.45, 2.75) is 37.6 Å². The molecule has 0 amide bonds. The number of nitrogens with one attached hydrogen (secondary N) is 1. The van der Waals surface area contributed by atoms with E-state index in [2.05, 4.69) is 28.7 Å². The number of para-hydroxylation sites is 1. The third-order valence-electron chi connectivity index (χ3n) is 5.81. The summed E-state index contributed by atoms with van der Waals surface area (Å²) in [4.78, 5) is 10.3. The second-order valence-corrected chi connectivity index (χ2v) is 9.45. The van der Waals surface area contributed by atoms with Crippen LogP contribution >= 0.6 is 0 Å². The van der Waals surface area contributed by atoms with E-state index in [1.165, 1.54) is 0 Å². The topological polar surface area (TPSA) is 90.1 Å². The van der Waals surface area contributed by atoms with E-state index in [0.29, 0.717) is 35.4 Å². The minimum Gasteiger partial charge on any atom is -0.593 e. The number of rotatable bonds is 5. The number of anilines is 1. The van der Waals surface area contributed by atoms with E-state index in [1.54, 1.807) is 0 Å². The monoisotopic (exact) mass is 447 g/mol. The zero-order valence-corrected chi connectivity index (χ0v) is 18.9. The average Bonchev–Trinajstić information content (AvgIpc) is 3.17. The molecule has 8 heteroatoms. The van der Waals surface area contributed by atoms with Crippen molar-refractivity contribution in [2.24, 2.45) is 0 Å². The fourth-order valence-electron chi connectivity index (χ4n) is 4.16. The van der Waals surface area contributed by atoms with Gasteiger partial charge in [-0.05, 0) is 25.8 Å². The minimum atomic E-state index is -1.25. The van der Waals surface area contributed by atoms with Crippen molar-refractivity contribution in [3.63, 3.8) is 0 Å². The lowest BCUT2D eigenvalue weighted by atomic mass is 10.1. The summed E-state index contributed by atoms with van der Waals surface area (Å²) in [6.07, 6.45) is 1.71. The Morgan fingerprint density at radius 3 is 2.44 bits per heavy atom. The third-order valence-corrected chi connectivity index (χ3v) is 7.58. The number of hydrogen-bond acceptors (Lipinski definition) is 7. The van der Waals surface area contributed by atoms with Gasteiger partial charge in [0.15, 0.2) is 5.76 Å². The van der Waals surface area contributed by atoms with E-state index in [0.717, 1.165) is 35.0 Å². The van der Waals surface area contributed by atoms with Gasteiger partial charge in [-0.3, -0.25) is 0 Å².